The van der Waals surface area contributed by atoms with Gasteiger partial charge < -0.3 is 14.2 Å². The van der Waals surface area contributed by atoms with Gasteiger partial charge in [-0.1, -0.05) is 13.3 Å². The first-order valence-corrected chi connectivity index (χ1v) is 10.8. The lowest BCUT2D eigenvalue weighted by Gasteiger charge is -2.11. The minimum atomic E-state index is -3.92. The minimum absolute atomic E-state index is 0.0296. The van der Waals surface area contributed by atoms with Crippen molar-refractivity contribution in [3.63, 3.8) is 0 Å². The number of aromatic nitrogens is 4. The number of carbonyl (C=O) groups excluding carboxylic acids is 1. The van der Waals surface area contributed by atoms with Crippen molar-refractivity contribution in [2.24, 2.45) is 0 Å². The Labute approximate surface area is 168 Å². The molecule has 0 atom stereocenters. The molecule has 0 radical (unpaired) electrons. The molecule has 0 amide bonds. The number of esters is 1. The average Bonchev–Trinajstić information content (AvgIpc) is 3.03. The number of benzene rings is 1. The number of nitrogens with one attached hydrogen (secondary N) is 1. The summed E-state index contributed by atoms with van der Waals surface area (Å²) in [6.45, 7) is 2.94. The van der Waals surface area contributed by atoms with Crippen molar-refractivity contribution in [2.45, 2.75) is 44.2 Å². The van der Waals surface area contributed by atoms with E-state index in [1.54, 1.807) is 4.68 Å². The molecule has 2 aromatic rings. The third kappa shape index (κ3) is 5.64. The van der Waals surface area contributed by atoms with Crippen molar-refractivity contribution in [1.82, 2.24) is 24.9 Å². The molecule has 29 heavy (non-hydrogen) atoms. The number of tetrazole rings is 1. The summed E-state index contributed by atoms with van der Waals surface area (Å²) in [4.78, 5) is 11.9. The van der Waals surface area contributed by atoms with E-state index < -0.39 is 22.5 Å². The maximum Gasteiger partial charge on any atom is 0.321 e. The largest absolute Gasteiger partial charge is 0.490 e. The van der Waals surface area contributed by atoms with E-state index in [9.17, 15) is 13.2 Å². The minimum Gasteiger partial charge on any atom is -0.490 e. The number of carbonyl (C=O) groups is 1. The summed E-state index contributed by atoms with van der Waals surface area (Å²) >= 11 is 0. The Morgan fingerprint density at radius 2 is 2.07 bits per heavy atom. The average molecular weight is 425 g/mol. The number of sulfonamides is 1. The molecule has 11 nitrogen and oxygen atoms in total. The maximum atomic E-state index is 12.5. The molecule has 3 rings (SSSR count). The van der Waals surface area contributed by atoms with E-state index in [0.29, 0.717) is 43.5 Å². The highest BCUT2D eigenvalue weighted by atomic mass is 32.2. The molecular formula is C17H23N5O6S. The molecule has 0 spiro atoms. The van der Waals surface area contributed by atoms with Gasteiger partial charge >= 0.3 is 5.97 Å². The standard InChI is InChI=1S/C17H23N5O6S/c1-2-3-7-22-16(19-20-21-22)12-28-17(23)11-18-29(24,25)13-5-6-14-15(10-13)27-9-4-8-26-14/h5-6,10,18H,2-4,7-9,11-12H2,1H3. The third-order valence-electron chi connectivity index (χ3n) is 4.13. The molecule has 0 saturated heterocycles. The van der Waals surface area contributed by atoms with Crippen LogP contribution in [0.2, 0.25) is 0 Å². The monoisotopic (exact) mass is 425 g/mol. The van der Waals surface area contributed by atoms with Crippen LogP contribution in [0.1, 0.15) is 32.0 Å². The van der Waals surface area contributed by atoms with Crippen molar-refractivity contribution < 1.29 is 27.4 Å². The molecular weight excluding hydrogens is 402 g/mol. The lowest BCUT2D eigenvalue weighted by molar-refractivity contribution is -0.143. The number of nitrogens with zero attached hydrogens (tertiary/aromatic N) is 4. The number of fused-ring (bicyclic) bond motifs is 1. The number of ether oxygens (including phenoxy) is 3. The van der Waals surface area contributed by atoms with Crippen LogP contribution in [0.3, 0.4) is 0 Å². The molecule has 0 unspecified atom stereocenters. The van der Waals surface area contributed by atoms with Gasteiger partial charge in [0.25, 0.3) is 0 Å². The van der Waals surface area contributed by atoms with Gasteiger partial charge in [-0.05, 0) is 29.0 Å². The number of aryl methyl sites for hydroxylation is 1. The van der Waals surface area contributed by atoms with E-state index in [-0.39, 0.29) is 11.5 Å². The van der Waals surface area contributed by atoms with E-state index in [2.05, 4.69) is 20.2 Å². The quantitative estimate of drug-likeness (QED) is 0.575. The molecule has 1 N–H and O–H groups in total. The normalized spacial score (nSPS) is 13.7. The van der Waals surface area contributed by atoms with Gasteiger partial charge in [0.2, 0.25) is 10.0 Å². The first-order chi connectivity index (χ1) is 14.0. The van der Waals surface area contributed by atoms with Gasteiger partial charge in [0, 0.05) is 19.0 Å². The Morgan fingerprint density at radius 1 is 1.28 bits per heavy atom. The van der Waals surface area contributed by atoms with Gasteiger partial charge in [-0.15, -0.1) is 5.10 Å². The predicted molar refractivity (Wildman–Crippen MR) is 99.8 cm³/mol. The van der Waals surface area contributed by atoms with Crippen LogP contribution in [0.4, 0.5) is 0 Å². The fraction of sp³-hybridized carbons (Fsp3) is 0.529. The molecule has 0 aliphatic carbocycles. The molecule has 1 aliphatic rings. The molecule has 12 heteroatoms. The summed E-state index contributed by atoms with van der Waals surface area (Å²) in [7, 11) is -3.92. The van der Waals surface area contributed by atoms with E-state index in [1.165, 1.54) is 18.2 Å². The van der Waals surface area contributed by atoms with Crippen molar-refractivity contribution in [3.05, 3.63) is 24.0 Å². The van der Waals surface area contributed by atoms with Crippen molar-refractivity contribution in [2.75, 3.05) is 19.8 Å². The lowest BCUT2D eigenvalue weighted by Crippen LogP contribution is -2.30. The fourth-order valence-electron chi connectivity index (χ4n) is 2.55. The highest BCUT2D eigenvalue weighted by molar-refractivity contribution is 7.89. The van der Waals surface area contributed by atoms with Crippen LogP contribution in [0.15, 0.2) is 23.1 Å². The lowest BCUT2D eigenvalue weighted by atomic mass is 10.3. The van der Waals surface area contributed by atoms with Gasteiger partial charge in [-0.25, -0.2) is 13.1 Å². The molecule has 0 fully saturated rings. The molecule has 1 aromatic heterocycles. The van der Waals surface area contributed by atoms with Gasteiger partial charge in [0.05, 0.1) is 18.1 Å². The van der Waals surface area contributed by atoms with Crippen LogP contribution in [0.25, 0.3) is 0 Å². The second kappa shape index (κ2) is 9.65. The summed E-state index contributed by atoms with van der Waals surface area (Å²) in [5, 5.41) is 11.2. The number of hydrogen-bond acceptors (Lipinski definition) is 9. The first kappa shape index (κ1) is 21.0. The van der Waals surface area contributed by atoms with Crippen LogP contribution in [0.5, 0.6) is 11.5 Å². The number of unbranched alkanes of at least 4 members (excludes halogenated alkanes) is 1. The van der Waals surface area contributed by atoms with E-state index >= 15 is 0 Å². The van der Waals surface area contributed by atoms with Gasteiger partial charge in [-0.2, -0.15) is 4.72 Å². The Balaban J connectivity index is 1.54. The molecule has 1 aromatic carbocycles. The number of hydrogen-bond donors (Lipinski definition) is 1. The zero-order valence-corrected chi connectivity index (χ0v) is 16.9. The van der Waals surface area contributed by atoms with Crippen LogP contribution >= 0.6 is 0 Å². The summed E-state index contributed by atoms with van der Waals surface area (Å²) in [6.07, 6.45) is 2.57. The van der Waals surface area contributed by atoms with Crippen LogP contribution < -0.4 is 14.2 Å². The molecule has 0 bridgehead atoms. The molecule has 158 valence electrons. The topological polar surface area (TPSA) is 135 Å². The Bertz CT molecular complexity index is 946. The Morgan fingerprint density at radius 3 is 2.86 bits per heavy atom. The molecule has 2 heterocycles. The van der Waals surface area contributed by atoms with Crippen LogP contribution in [-0.4, -0.2) is 54.4 Å². The maximum absolute atomic E-state index is 12.5. The predicted octanol–water partition coefficient (Wildman–Crippen LogP) is 0.656. The summed E-state index contributed by atoms with van der Waals surface area (Å²) in [5.41, 5.74) is 0. The van der Waals surface area contributed by atoms with Gasteiger partial charge in [0.15, 0.2) is 23.9 Å². The summed E-state index contributed by atoms with van der Waals surface area (Å²) < 4.78 is 44.8. The summed E-state index contributed by atoms with van der Waals surface area (Å²) in [5.74, 6) is 0.499. The SMILES string of the molecule is CCCCn1nnnc1COC(=O)CNS(=O)(=O)c1ccc2c(c1)OCCCO2. The smallest absolute Gasteiger partial charge is 0.321 e. The number of rotatable bonds is 9. The zero-order chi connectivity index (χ0) is 20.7. The molecule has 1 aliphatic heterocycles. The first-order valence-electron chi connectivity index (χ1n) is 9.29. The van der Waals surface area contributed by atoms with Crippen LogP contribution in [0, 0.1) is 0 Å². The van der Waals surface area contributed by atoms with Gasteiger partial charge in [-0.3, -0.25) is 4.79 Å². The summed E-state index contributed by atoms with van der Waals surface area (Å²) in [6, 6.07) is 4.29. The molecule has 0 saturated carbocycles. The van der Waals surface area contributed by atoms with Crippen LogP contribution in [-0.2, 0) is 32.7 Å². The second-order valence-corrected chi connectivity index (χ2v) is 8.08. The van der Waals surface area contributed by atoms with Crippen molar-refractivity contribution in [3.8, 4) is 11.5 Å². The zero-order valence-electron chi connectivity index (χ0n) is 16.0. The van der Waals surface area contributed by atoms with E-state index in [1.807, 2.05) is 6.92 Å². The second-order valence-electron chi connectivity index (χ2n) is 6.32. The van der Waals surface area contributed by atoms with E-state index in [0.717, 1.165) is 12.8 Å². The fourth-order valence-corrected chi connectivity index (χ4v) is 3.54. The van der Waals surface area contributed by atoms with E-state index in [4.69, 9.17) is 14.2 Å². The third-order valence-corrected chi connectivity index (χ3v) is 5.53. The van der Waals surface area contributed by atoms with Gasteiger partial charge in [0.1, 0.15) is 6.54 Å². The Hall–Kier alpha value is -2.73. The highest BCUT2D eigenvalue weighted by Crippen LogP contribution is 2.31. The Kier molecular flexibility index (Phi) is 6.99. The van der Waals surface area contributed by atoms with Crippen molar-refractivity contribution >= 4 is 16.0 Å². The highest BCUT2D eigenvalue weighted by Gasteiger charge is 2.20. The van der Waals surface area contributed by atoms with Crippen molar-refractivity contribution in [1.29, 1.82) is 0 Å².